The zero-order valence-corrected chi connectivity index (χ0v) is 11.8. The van der Waals surface area contributed by atoms with Crippen LogP contribution in [0, 0.1) is 0 Å². The Labute approximate surface area is 115 Å². The molecule has 0 fully saturated rings. The fourth-order valence-corrected chi connectivity index (χ4v) is 2.81. The third-order valence-corrected chi connectivity index (χ3v) is 4.18. The molecule has 0 spiro atoms. The minimum atomic E-state index is 0.0279. The number of thioether (sulfide) groups is 2. The van der Waals surface area contributed by atoms with Crippen LogP contribution in [0.25, 0.3) is 6.08 Å². The second-order valence-electron chi connectivity index (χ2n) is 3.80. The van der Waals surface area contributed by atoms with E-state index in [1.807, 2.05) is 55.7 Å². The zero-order chi connectivity index (χ0) is 13.0. The van der Waals surface area contributed by atoms with Crippen molar-refractivity contribution in [2.75, 3.05) is 6.26 Å². The molecule has 0 aliphatic carbocycles. The molecule has 0 unspecified atom stereocenters. The Morgan fingerprint density at radius 3 is 2.67 bits per heavy atom. The number of carbonyl (C=O) groups is 1. The van der Waals surface area contributed by atoms with E-state index in [2.05, 4.69) is 4.99 Å². The molecular formula is C14H13NOS2. The van der Waals surface area contributed by atoms with Gasteiger partial charge in [-0.1, -0.05) is 36.4 Å². The molecule has 0 aromatic heterocycles. The minimum absolute atomic E-state index is 0.0279. The highest BCUT2D eigenvalue weighted by Gasteiger charge is 2.20. The number of rotatable bonds is 2. The van der Waals surface area contributed by atoms with E-state index in [0.29, 0.717) is 5.70 Å². The Morgan fingerprint density at radius 2 is 2.06 bits per heavy atom. The molecule has 4 heteroatoms. The van der Waals surface area contributed by atoms with Crippen LogP contribution >= 0.6 is 23.5 Å². The maximum absolute atomic E-state index is 11.7. The summed E-state index contributed by atoms with van der Waals surface area (Å²) in [6, 6.07) is 10.0. The number of nitrogens with zero attached hydrogens (tertiary/aromatic N) is 1. The van der Waals surface area contributed by atoms with Crippen molar-refractivity contribution in [3.8, 4) is 0 Å². The number of aliphatic imine (C=N–C) groups is 1. The molecule has 2 nitrogen and oxygen atoms in total. The average Bonchev–Trinajstić information content (AvgIpc) is 2.71. The maximum Gasteiger partial charge on any atom is 0.244 e. The molecular weight excluding hydrogens is 262 g/mol. The number of hydrogen-bond donors (Lipinski definition) is 0. The minimum Gasteiger partial charge on any atom is -0.279 e. The van der Waals surface area contributed by atoms with E-state index in [1.54, 1.807) is 0 Å². The Kier molecular flexibility index (Phi) is 4.44. The predicted molar refractivity (Wildman–Crippen MR) is 81.7 cm³/mol. The second-order valence-corrected chi connectivity index (χ2v) is 5.81. The van der Waals surface area contributed by atoms with Crippen molar-refractivity contribution < 1.29 is 4.79 Å². The number of carbonyl (C=O) groups excluding carboxylic acids is 1. The zero-order valence-electron chi connectivity index (χ0n) is 10.2. The maximum atomic E-state index is 11.7. The van der Waals surface area contributed by atoms with E-state index in [9.17, 15) is 4.79 Å². The third kappa shape index (κ3) is 3.37. The van der Waals surface area contributed by atoms with E-state index < -0.39 is 0 Å². The lowest BCUT2D eigenvalue weighted by Gasteiger charge is -1.95. The van der Waals surface area contributed by atoms with E-state index in [-0.39, 0.29) is 5.12 Å². The smallest absolute Gasteiger partial charge is 0.244 e. The Balaban J connectivity index is 2.21. The molecule has 0 saturated carbocycles. The fourth-order valence-electron chi connectivity index (χ4n) is 1.55. The van der Waals surface area contributed by atoms with Crippen molar-refractivity contribution in [1.82, 2.24) is 0 Å². The summed E-state index contributed by atoms with van der Waals surface area (Å²) in [6.45, 7) is 1.98. The molecule has 1 aliphatic rings. The van der Waals surface area contributed by atoms with Crippen LogP contribution < -0.4 is 0 Å². The van der Waals surface area contributed by atoms with Gasteiger partial charge in [-0.2, -0.15) is 0 Å². The normalized spacial score (nSPS) is 18.3. The SMILES string of the molecule is CSC1=N/C(=C/C(C)=C\c2ccccc2)C(=O)S1. The van der Waals surface area contributed by atoms with Gasteiger partial charge in [-0.3, -0.25) is 4.79 Å². The first-order valence-electron chi connectivity index (χ1n) is 5.49. The summed E-state index contributed by atoms with van der Waals surface area (Å²) < 4.78 is 0.818. The van der Waals surface area contributed by atoms with Crippen LogP contribution in [0.3, 0.4) is 0 Å². The lowest BCUT2D eigenvalue weighted by molar-refractivity contribution is -0.107. The molecule has 1 heterocycles. The van der Waals surface area contributed by atoms with Gasteiger partial charge in [-0.05, 0) is 42.2 Å². The molecule has 0 amide bonds. The first-order valence-corrected chi connectivity index (χ1v) is 7.53. The van der Waals surface area contributed by atoms with Gasteiger partial charge < -0.3 is 0 Å². The van der Waals surface area contributed by atoms with Gasteiger partial charge >= 0.3 is 0 Å². The summed E-state index contributed by atoms with van der Waals surface area (Å²) in [4.78, 5) is 16.0. The van der Waals surface area contributed by atoms with Crippen LogP contribution in [0.2, 0.25) is 0 Å². The molecule has 0 bridgehead atoms. The van der Waals surface area contributed by atoms with Crippen molar-refractivity contribution in [3.05, 3.63) is 53.2 Å². The molecule has 1 aromatic rings. The number of benzene rings is 1. The molecule has 0 atom stereocenters. The van der Waals surface area contributed by atoms with Crippen LogP contribution in [0.4, 0.5) is 0 Å². The van der Waals surface area contributed by atoms with E-state index >= 15 is 0 Å². The van der Waals surface area contributed by atoms with Crippen LogP contribution in [-0.4, -0.2) is 15.7 Å². The first kappa shape index (κ1) is 13.2. The van der Waals surface area contributed by atoms with E-state index in [4.69, 9.17) is 0 Å². The summed E-state index contributed by atoms with van der Waals surface area (Å²) in [5.41, 5.74) is 2.68. The summed E-state index contributed by atoms with van der Waals surface area (Å²) in [6.07, 6.45) is 5.80. The molecule has 0 saturated heterocycles. The van der Waals surface area contributed by atoms with Crippen molar-refractivity contribution in [2.45, 2.75) is 6.92 Å². The van der Waals surface area contributed by atoms with Gasteiger partial charge in [0.25, 0.3) is 0 Å². The third-order valence-electron chi connectivity index (χ3n) is 2.33. The van der Waals surface area contributed by atoms with Crippen molar-refractivity contribution in [3.63, 3.8) is 0 Å². The molecule has 1 aromatic carbocycles. The van der Waals surface area contributed by atoms with Gasteiger partial charge in [0.1, 0.15) is 10.1 Å². The lowest BCUT2D eigenvalue weighted by Crippen LogP contribution is -1.88. The van der Waals surface area contributed by atoms with Crippen LogP contribution in [0.5, 0.6) is 0 Å². The topological polar surface area (TPSA) is 29.4 Å². The van der Waals surface area contributed by atoms with Crippen molar-refractivity contribution >= 4 is 39.1 Å². The highest BCUT2D eigenvalue weighted by Crippen LogP contribution is 2.29. The molecule has 0 radical (unpaired) electrons. The highest BCUT2D eigenvalue weighted by atomic mass is 32.2. The lowest BCUT2D eigenvalue weighted by atomic mass is 10.1. The molecule has 2 rings (SSSR count). The number of hydrogen-bond acceptors (Lipinski definition) is 4. The quantitative estimate of drug-likeness (QED) is 0.765. The highest BCUT2D eigenvalue weighted by molar-refractivity contribution is 8.45. The van der Waals surface area contributed by atoms with E-state index in [1.165, 1.54) is 23.5 Å². The van der Waals surface area contributed by atoms with Crippen LogP contribution in [-0.2, 0) is 4.79 Å². The Hall–Kier alpha value is -1.26. The second kappa shape index (κ2) is 6.07. The van der Waals surface area contributed by atoms with Gasteiger partial charge in [0.15, 0.2) is 0 Å². The molecule has 92 valence electrons. The summed E-state index contributed by atoms with van der Waals surface area (Å²) in [5, 5.41) is 0.0279. The van der Waals surface area contributed by atoms with Gasteiger partial charge in [0, 0.05) is 0 Å². The van der Waals surface area contributed by atoms with Gasteiger partial charge in [0.2, 0.25) is 5.12 Å². The van der Waals surface area contributed by atoms with Gasteiger partial charge in [-0.25, -0.2) is 4.99 Å². The molecule has 0 N–H and O–H groups in total. The first-order chi connectivity index (χ1) is 8.69. The summed E-state index contributed by atoms with van der Waals surface area (Å²) in [7, 11) is 0. The summed E-state index contributed by atoms with van der Waals surface area (Å²) in [5.74, 6) is 0. The number of allylic oxidation sites excluding steroid dienone is 2. The standard InChI is InChI=1S/C14H13NOS2/c1-10(8-11-6-4-3-5-7-11)9-12-13(16)18-14(15-12)17-2/h3-9H,1-2H3/b10-8-,12-9+. The van der Waals surface area contributed by atoms with Crippen molar-refractivity contribution in [1.29, 1.82) is 0 Å². The van der Waals surface area contributed by atoms with Crippen LogP contribution in [0.15, 0.2) is 52.7 Å². The average molecular weight is 275 g/mol. The Bertz CT molecular complexity index is 544. The van der Waals surface area contributed by atoms with Crippen molar-refractivity contribution in [2.24, 2.45) is 4.99 Å². The largest absolute Gasteiger partial charge is 0.279 e. The fraction of sp³-hybridized carbons (Fsp3) is 0.143. The van der Waals surface area contributed by atoms with E-state index in [0.717, 1.165) is 15.5 Å². The Morgan fingerprint density at radius 1 is 1.33 bits per heavy atom. The van der Waals surface area contributed by atoms with Gasteiger partial charge in [0.05, 0.1) is 0 Å². The van der Waals surface area contributed by atoms with Crippen LogP contribution in [0.1, 0.15) is 12.5 Å². The summed E-state index contributed by atoms with van der Waals surface area (Å²) >= 11 is 2.70. The molecule has 18 heavy (non-hydrogen) atoms. The molecule has 1 aliphatic heterocycles. The van der Waals surface area contributed by atoms with Gasteiger partial charge in [-0.15, -0.1) is 11.8 Å². The monoisotopic (exact) mass is 275 g/mol. The predicted octanol–water partition coefficient (Wildman–Crippen LogP) is 3.97.